The van der Waals surface area contributed by atoms with Crippen molar-refractivity contribution < 1.29 is 13.6 Å². The number of rotatable bonds is 6. The minimum Gasteiger partial charge on any atom is -0.460 e. The SMILES string of the molecule is Cc1oc2c(C)c3oc(=O)c(CC(=O)N(C)CCc4ccccn4)c(C)c3cc2c1-c1ccccc1. The van der Waals surface area contributed by atoms with E-state index in [0.29, 0.717) is 29.7 Å². The molecule has 1 amide bonds. The van der Waals surface area contributed by atoms with Gasteiger partial charge in [0.2, 0.25) is 5.91 Å². The quantitative estimate of drug-likeness (QED) is 0.288. The Bertz CT molecular complexity index is 1630. The van der Waals surface area contributed by atoms with Gasteiger partial charge in [-0.2, -0.15) is 0 Å². The maximum atomic E-state index is 13.0. The Morgan fingerprint density at radius 2 is 1.64 bits per heavy atom. The van der Waals surface area contributed by atoms with Gasteiger partial charge in [0.05, 0.1) is 12.0 Å². The molecule has 5 aromatic rings. The summed E-state index contributed by atoms with van der Waals surface area (Å²) in [6.07, 6.45) is 2.37. The van der Waals surface area contributed by atoms with Crippen molar-refractivity contribution in [1.29, 1.82) is 0 Å². The lowest BCUT2D eigenvalue weighted by Gasteiger charge is -2.17. The fraction of sp³-hybridized carbons (Fsp3) is 0.233. The lowest BCUT2D eigenvalue weighted by atomic mass is 9.96. The van der Waals surface area contributed by atoms with Crippen LogP contribution in [0.5, 0.6) is 0 Å². The van der Waals surface area contributed by atoms with Crippen molar-refractivity contribution in [2.45, 2.75) is 33.6 Å². The number of likely N-dealkylation sites (N-methyl/N-ethyl adjacent to an activating group) is 1. The molecule has 0 bridgehead atoms. The summed E-state index contributed by atoms with van der Waals surface area (Å²) in [6.45, 7) is 6.25. The number of carbonyl (C=O) groups is 1. The molecule has 6 nitrogen and oxygen atoms in total. The van der Waals surface area contributed by atoms with Gasteiger partial charge in [0.15, 0.2) is 0 Å². The topological polar surface area (TPSA) is 76.6 Å². The smallest absolute Gasteiger partial charge is 0.340 e. The first-order valence-corrected chi connectivity index (χ1v) is 12.0. The van der Waals surface area contributed by atoms with Gasteiger partial charge in [0.25, 0.3) is 0 Å². The van der Waals surface area contributed by atoms with Crippen LogP contribution in [0, 0.1) is 20.8 Å². The number of pyridine rings is 1. The molecular weight excluding hydrogens is 452 g/mol. The second-order valence-electron chi connectivity index (χ2n) is 9.21. The molecule has 0 radical (unpaired) electrons. The number of benzene rings is 2. The van der Waals surface area contributed by atoms with Gasteiger partial charge in [0.1, 0.15) is 16.9 Å². The van der Waals surface area contributed by atoms with Crippen LogP contribution in [0.3, 0.4) is 0 Å². The maximum Gasteiger partial charge on any atom is 0.340 e. The molecule has 36 heavy (non-hydrogen) atoms. The van der Waals surface area contributed by atoms with Crippen LogP contribution < -0.4 is 5.63 Å². The van der Waals surface area contributed by atoms with Crippen LogP contribution >= 0.6 is 0 Å². The van der Waals surface area contributed by atoms with E-state index in [0.717, 1.165) is 44.5 Å². The standard InChI is InChI=1S/C30H28N2O4/c1-18-23-16-25-27(21-10-6-5-7-11-21)20(3)35-29(25)19(2)28(23)36-30(34)24(18)17-26(33)32(4)15-13-22-12-8-9-14-31-22/h5-12,14,16H,13,15,17H2,1-4H3. The van der Waals surface area contributed by atoms with Gasteiger partial charge >= 0.3 is 5.63 Å². The highest BCUT2D eigenvalue weighted by Crippen LogP contribution is 2.39. The van der Waals surface area contributed by atoms with E-state index in [-0.39, 0.29) is 12.3 Å². The van der Waals surface area contributed by atoms with E-state index in [1.165, 1.54) is 0 Å². The lowest BCUT2D eigenvalue weighted by Crippen LogP contribution is -2.32. The summed E-state index contributed by atoms with van der Waals surface area (Å²) in [4.78, 5) is 31.9. The summed E-state index contributed by atoms with van der Waals surface area (Å²) in [5.41, 5.74) is 5.65. The molecule has 3 aromatic heterocycles. The predicted molar refractivity (Wildman–Crippen MR) is 141 cm³/mol. The Balaban J connectivity index is 1.53. The van der Waals surface area contributed by atoms with E-state index in [1.807, 2.05) is 63.2 Å². The highest BCUT2D eigenvalue weighted by Gasteiger charge is 2.22. The number of aromatic nitrogens is 1. The summed E-state index contributed by atoms with van der Waals surface area (Å²) in [5, 5.41) is 1.78. The number of hydrogen-bond acceptors (Lipinski definition) is 5. The van der Waals surface area contributed by atoms with Crippen molar-refractivity contribution in [3.05, 3.63) is 99.4 Å². The normalized spacial score (nSPS) is 11.3. The van der Waals surface area contributed by atoms with Crippen LogP contribution in [0.1, 0.15) is 28.1 Å². The van der Waals surface area contributed by atoms with Gasteiger partial charge < -0.3 is 13.7 Å². The predicted octanol–water partition coefficient (Wildman–Crippen LogP) is 5.77. The van der Waals surface area contributed by atoms with Crippen molar-refractivity contribution in [3.8, 4) is 11.1 Å². The Morgan fingerprint density at radius 1 is 0.917 bits per heavy atom. The summed E-state index contributed by atoms with van der Waals surface area (Å²) < 4.78 is 11.9. The Hall–Kier alpha value is -4.19. The zero-order valence-corrected chi connectivity index (χ0v) is 20.9. The second kappa shape index (κ2) is 9.46. The molecule has 0 atom stereocenters. The van der Waals surface area contributed by atoms with Crippen molar-refractivity contribution >= 4 is 27.8 Å². The average molecular weight is 481 g/mol. The molecule has 0 aliphatic carbocycles. The third kappa shape index (κ3) is 4.19. The molecule has 0 aliphatic heterocycles. The Labute approximate surface area is 209 Å². The molecule has 2 aromatic carbocycles. The van der Waals surface area contributed by atoms with Gasteiger partial charge in [-0.3, -0.25) is 9.78 Å². The molecule has 0 N–H and O–H groups in total. The number of amides is 1. The molecule has 0 fully saturated rings. The summed E-state index contributed by atoms with van der Waals surface area (Å²) in [7, 11) is 1.75. The summed E-state index contributed by atoms with van der Waals surface area (Å²) in [5.74, 6) is 0.669. The molecular formula is C30H28N2O4. The molecule has 0 saturated carbocycles. The van der Waals surface area contributed by atoms with Crippen LogP contribution in [-0.4, -0.2) is 29.4 Å². The lowest BCUT2D eigenvalue weighted by molar-refractivity contribution is -0.129. The van der Waals surface area contributed by atoms with Crippen molar-refractivity contribution in [2.75, 3.05) is 13.6 Å². The minimum absolute atomic E-state index is 0.0180. The Kier molecular flexibility index (Phi) is 6.18. The second-order valence-corrected chi connectivity index (χ2v) is 9.21. The van der Waals surface area contributed by atoms with Crippen LogP contribution in [-0.2, 0) is 17.6 Å². The first-order valence-electron chi connectivity index (χ1n) is 12.0. The van der Waals surface area contributed by atoms with Crippen LogP contribution in [0.15, 0.2) is 74.4 Å². The van der Waals surface area contributed by atoms with Gasteiger partial charge in [-0.15, -0.1) is 0 Å². The van der Waals surface area contributed by atoms with E-state index >= 15 is 0 Å². The fourth-order valence-corrected chi connectivity index (χ4v) is 4.78. The van der Waals surface area contributed by atoms with E-state index in [1.54, 1.807) is 18.1 Å². The first kappa shape index (κ1) is 23.5. The number of furan rings is 1. The van der Waals surface area contributed by atoms with Crippen molar-refractivity contribution in [2.24, 2.45) is 0 Å². The molecule has 0 aliphatic rings. The number of carbonyl (C=O) groups excluding carboxylic acids is 1. The number of hydrogen-bond donors (Lipinski definition) is 0. The molecule has 5 rings (SSSR count). The molecule has 0 saturated heterocycles. The van der Waals surface area contributed by atoms with E-state index in [9.17, 15) is 9.59 Å². The number of aryl methyl sites for hydroxylation is 3. The highest BCUT2D eigenvalue weighted by atomic mass is 16.4. The number of nitrogens with zero attached hydrogens (tertiary/aromatic N) is 2. The van der Waals surface area contributed by atoms with Crippen molar-refractivity contribution in [3.63, 3.8) is 0 Å². The summed E-state index contributed by atoms with van der Waals surface area (Å²) >= 11 is 0. The van der Waals surface area contributed by atoms with E-state index < -0.39 is 5.63 Å². The van der Waals surface area contributed by atoms with Crippen molar-refractivity contribution in [1.82, 2.24) is 9.88 Å². The summed E-state index contributed by atoms with van der Waals surface area (Å²) in [6, 6.07) is 17.8. The molecule has 3 heterocycles. The zero-order chi connectivity index (χ0) is 25.4. The molecule has 0 unspecified atom stereocenters. The molecule has 6 heteroatoms. The number of fused-ring (bicyclic) bond motifs is 2. The van der Waals surface area contributed by atoms with Gasteiger partial charge in [-0.25, -0.2) is 4.79 Å². The minimum atomic E-state index is -0.486. The third-order valence-corrected chi connectivity index (χ3v) is 6.88. The average Bonchev–Trinajstić information content (AvgIpc) is 3.23. The Morgan fingerprint density at radius 3 is 2.36 bits per heavy atom. The van der Waals surface area contributed by atoms with E-state index in [2.05, 4.69) is 17.1 Å². The molecule has 0 spiro atoms. The van der Waals surface area contributed by atoms with Crippen LogP contribution in [0.25, 0.3) is 33.1 Å². The molecule has 182 valence electrons. The monoisotopic (exact) mass is 480 g/mol. The van der Waals surface area contributed by atoms with Gasteiger partial charge in [-0.1, -0.05) is 36.4 Å². The zero-order valence-electron chi connectivity index (χ0n) is 20.9. The first-order chi connectivity index (χ1) is 17.3. The van der Waals surface area contributed by atoms with Crippen LogP contribution in [0.4, 0.5) is 0 Å². The van der Waals surface area contributed by atoms with E-state index in [4.69, 9.17) is 8.83 Å². The van der Waals surface area contributed by atoms with Gasteiger partial charge in [-0.05, 0) is 50.1 Å². The highest BCUT2D eigenvalue weighted by molar-refractivity contribution is 6.06. The third-order valence-electron chi connectivity index (χ3n) is 6.88. The maximum absolute atomic E-state index is 13.0. The van der Waals surface area contributed by atoms with Crippen LogP contribution in [0.2, 0.25) is 0 Å². The van der Waals surface area contributed by atoms with Gasteiger partial charge in [0, 0.05) is 53.8 Å². The fourth-order valence-electron chi connectivity index (χ4n) is 4.78. The largest absolute Gasteiger partial charge is 0.460 e.